The number of rotatable bonds is 2. The van der Waals surface area contributed by atoms with Crippen LogP contribution in [0.3, 0.4) is 0 Å². The topological polar surface area (TPSA) is 78.9 Å². The van der Waals surface area contributed by atoms with E-state index < -0.39 is 11.7 Å². The van der Waals surface area contributed by atoms with E-state index in [1.807, 2.05) is 0 Å². The lowest BCUT2D eigenvalue weighted by molar-refractivity contribution is -0.137. The fraction of sp³-hybridized carbons (Fsp3) is 0.222. The van der Waals surface area contributed by atoms with E-state index in [1.54, 1.807) is 0 Å². The Morgan fingerprint density at radius 2 is 2.06 bits per heavy atom. The fourth-order valence-electron chi connectivity index (χ4n) is 1.32. The minimum atomic E-state index is -4.47. The van der Waals surface area contributed by atoms with Crippen molar-refractivity contribution in [1.29, 1.82) is 0 Å². The maximum absolute atomic E-state index is 12.4. The minimum Gasteiger partial charge on any atom is -0.490 e. The molecule has 0 aliphatic rings. The number of alkyl halides is 3. The fourth-order valence-corrected chi connectivity index (χ4v) is 1.32. The molecule has 2 aromatic rings. The number of nitrogen functional groups attached to an aromatic ring is 1. The lowest BCUT2D eigenvalue weighted by Gasteiger charge is -2.08. The van der Waals surface area contributed by atoms with Gasteiger partial charge < -0.3 is 10.5 Å². The molecule has 0 fully saturated rings. The highest BCUT2D eigenvalue weighted by Gasteiger charge is 2.32. The van der Waals surface area contributed by atoms with E-state index in [9.17, 15) is 13.2 Å². The van der Waals surface area contributed by atoms with Crippen LogP contribution in [0.25, 0.3) is 5.82 Å². The molecule has 0 aliphatic carbocycles. The molecule has 9 heteroatoms. The summed E-state index contributed by atoms with van der Waals surface area (Å²) < 4.78 is 43.2. The molecular formula is C9H8F3N5O. The van der Waals surface area contributed by atoms with E-state index in [2.05, 4.69) is 15.1 Å². The summed E-state index contributed by atoms with van der Waals surface area (Å²) in [7, 11) is 1.31. The minimum absolute atomic E-state index is 0.0200. The van der Waals surface area contributed by atoms with Crippen molar-refractivity contribution in [2.75, 3.05) is 12.8 Å². The number of hydrogen-bond acceptors (Lipinski definition) is 5. The van der Waals surface area contributed by atoms with E-state index in [1.165, 1.54) is 7.11 Å². The Kier molecular flexibility index (Phi) is 2.81. The Hall–Kier alpha value is -2.32. The molecule has 0 atom stereocenters. The van der Waals surface area contributed by atoms with Crippen molar-refractivity contribution in [2.24, 2.45) is 0 Å². The van der Waals surface area contributed by atoms with Crippen LogP contribution < -0.4 is 10.5 Å². The summed E-state index contributed by atoms with van der Waals surface area (Å²) in [6, 6.07) is 0. The predicted octanol–water partition coefficient (Wildman–Crippen LogP) is 1.27. The Balaban J connectivity index is 2.50. The van der Waals surface area contributed by atoms with Crippen molar-refractivity contribution >= 4 is 5.82 Å². The Morgan fingerprint density at radius 3 is 2.61 bits per heavy atom. The van der Waals surface area contributed by atoms with Crippen LogP contribution >= 0.6 is 0 Å². The number of hydrogen-bond donors (Lipinski definition) is 1. The third-order valence-corrected chi connectivity index (χ3v) is 2.14. The average molecular weight is 259 g/mol. The van der Waals surface area contributed by atoms with Gasteiger partial charge in [0.15, 0.2) is 5.82 Å². The normalized spacial score (nSPS) is 11.6. The van der Waals surface area contributed by atoms with Crippen LogP contribution in [-0.2, 0) is 6.18 Å². The second kappa shape index (κ2) is 4.17. The third kappa shape index (κ3) is 2.06. The standard InChI is InChI=1S/C9H8F3N5O/c1-18-6-7(13)14-4-15-8(6)17-3-5(2-16-17)9(10,11)12/h2-4H,1H3,(H2,13,14,15). The Morgan fingerprint density at radius 1 is 1.33 bits per heavy atom. The molecule has 2 rings (SSSR count). The first kappa shape index (κ1) is 12.1. The van der Waals surface area contributed by atoms with E-state index >= 15 is 0 Å². The SMILES string of the molecule is COc1c(N)ncnc1-n1cc(C(F)(F)F)cn1. The zero-order valence-corrected chi connectivity index (χ0v) is 9.14. The Labute approximate surface area is 99.2 Å². The molecule has 0 aromatic carbocycles. The van der Waals surface area contributed by atoms with E-state index in [-0.39, 0.29) is 17.4 Å². The van der Waals surface area contributed by atoms with E-state index in [0.717, 1.165) is 17.2 Å². The first-order valence-corrected chi connectivity index (χ1v) is 4.70. The summed E-state index contributed by atoms with van der Waals surface area (Å²) in [5, 5.41) is 3.57. The van der Waals surface area contributed by atoms with Gasteiger partial charge in [-0.3, -0.25) is 0 Å². The molecule has 2 heterocycles. The molecule has 0 saturated heterocycles. The molecular weight excluding hydrogens is 251 g/mol. The summed E-state index contributed by atoms with van der Waals surface area (Å²) in [4.78, 5) is 7.46. The van der Waals surface area contributed by atoms with Crippen molar-refractivity contribution < 1.29 is 17.9 Å². The number of aromatic nitrogens is 4. The highest BCUT2D eigenvalue weighted by Crippen LogP contribution is 2.30. The van der Waals surface area contributed by atoms with Gasteiger partial charge in [0.1, 0.15) is 6.33 Å². The van der Waals surface area contributed by atoms with Crippen LogP contribution in [0.15, 0.2) is 18.7 Å². The number of ether oxygens (including phenoxy) is 1. The number of anilines is 1. The summed E-state index contributed by atoms with van der Waals surface area (Å²) in [6.45, 7) is 0. The smallest absolute Gasteiger partial charge is 0.419 e. The van der Waals surface area contributed by atoms with Crippen LogP contribution in [0, 0.1) is 0 Å². The quantitative estimate of drug-likeness (QED) is 0.878. The molecule has 6 nitrogen and oxygen atoms in total. The number of methoxy groups -OCH3 is 1. The summed E-state index contributed by atoms with van der Waals surface area (Å²) >= 11 is 0. The predicted molar refractivity (Wildman–Crippen MR) is 55.1 cm³/mol. The number of nitrogens with zero attached hydrogens (tertiary/aromatic N) is 4. The van der Waals surface area contributed by atoms with Crippen molar-refractivity contribution in [3.8, 4) is 11.6 Å². The first-order chi connectivity index (χ1) is 8.43. The van der Waals surface area contributed by atoms with Crippen molar-refractivity contribution in [2.45, 2.75) is 6.18 Å². The Bertz CT molecular complexity index is 566. The zero-order chi connectivity index (χ0) is 13.3. The number of halogens is 3. The lowest BCUT2D eigenvalue weighted by Crippen LogP contribution is -2.06. The van der Waals surface area contributed by atoms with Crippen LogP contribution in [0.5, 0.6) is 5.75 Å². The van der Waals surface area contributed by atoms with Crippen LogP contribution in [0.1, 0.15) is 5.56 Å². The zero-order valence-electron chi connectivity index (χ0n) is 9.14. The molecule has 2 aromatic heterocycles. The van der Waals surface area contributed by atoms with Gasteiger partial charge in [0.05, 0.1) is 18.9 Å². The molecule has 0 amide bonds. The van der Waals surface area contributed by atoms with Crippen LogP contribution in [0.4, 0.5) is 19.0 Å². The van der Waals surface area contributed by atoms with Crippen LogP contribution in [-0.4, -0.2) is 26.9 Å². The number of nitrogens with two attached hydrogens (primary N) is 1. The van der Waals surface area contributed by atoms with Gasteiger partial charge >= 0.3 is 6.18 Å². The largest absolute Gasteiger partial charge is 0.490 e. The van der Waals surface area contributed by atoms with Gasteiger partial charge in [0.25, 0.3) is 0 Å². The first-order valence-electron chi connectivity index (χ1n) is 4.70. The van der Waals surface area contributed by atoms with Gasteiger partial charge in [-0.25, -0.2) is 14.6 Å². The van der Waals surface area contributed by atoms with Gasteiger partial charge in [0, 0.05) is 6.20 Å². The van der Waals surface area contributed by atoms with Gasteiger partial charge in [-0.15, -0.1) is 0 Å². The van der Waals surface area contributed by atoms with Gasteiger partial charge in [-0.05, 0) is 0 Å². The summed E-state index contributed by atoms with van der Waals surface area (Å²) in [6.07, 6.45) is -1.87. The summed E-state index contributed by atoms with van der Waals surface area (Å²) in [5.74, 6) is 0.126. The second-order valence-electron chi connectivity index (χ2n) is 3.29. The molecule has 0 spiro atoms. The molecule has 0 aliphatic heterocycles. The highest BCUT2D eigenvalue weighted by atomic mass is 19.4. The van der Waals surface area contributed by atoms with Crippen molar-refractivity contribution in [3.63, 3.8) is 0 Å². The lowest BCUT2D eigenvalue weighted by atomic mass is 10.3. The molecule has 0 saturated carbocycles. The second-order valence-corrected chi connectivity index (χ2v) is 3.29. The monoisotopic (exact) mass is 259 g/mol. The molecule has 2 N–H and O–H groups in total. The van der Waals surface area contributed by atoms with E-state index in [0.29, 0.717) is 6.20 Å². The van der Waals surface area contributed by atoms with Crippen molar-refractivity contribution in [3.05, 3.63) is 24.3 Å². The molecule has 96 valence electrons. The maximum atomic E-state index is 12.4. The molecule has 0 unspecified atom stereocenters. The van der Waals surface area contributed by atoms with Crippen molar-refractivity contribution in [1.82, 2.24) is 19.7 Å². The molecule has 0 radical (unpaired) electrons. The van der Waals surface area contributed by atoms with Crippen LogP contribution in [0.2, 0.25) is 0 Å². The maximum Gasteiger partial charge on any atom is 0.419 e. The van der Waals surface area contributed by atoms with Gasteiger partial charge in [-0.2, -0.15) is 18.3 Å². The van der Waals surface area contributed by atoms with E-state index in [4.69, 9.17) is 10.5 Å². The summed E-state index contributed by atoms with van der Waals surface area (Å²) in [5.41, 5.74) is 4.64. The highest BCUT2D eigenvalue weighted by molar-refractivity contribution is 5.54. The molecule has 0 bridgehead atoms. The van der Waals surface area contributed by atoms with Gasteiger partial charge in [0.2, 0.25) is 11.6 Å². The third-order valence-electron chi connectivity index (χ3n) is 2.14. The van der Waals surface area contributed by atoms with Gasteiger partial charge in [-0.1, -0.05) is 0 Å². The average Bonchev–Trinajstić information content (AvgIpc) is 2.77. The molecule has 18 heavy (non-hydrogen) atoms.